The van der Waals surface area contributed by atoms with E-state index in [9.17, 15) is 0 Å². The summed E-state index contributed by atoms with van der Waals surface area (Å²) in [6.07, 6.45) is 0.995. The number of fused-ring (bicyclic) bond motifs is 1. The Morgan fingerprint density at radius 2 is 2.16 bits per heavy atom. The lowest BCUT2D eigenvalue weighted by atomic mass is 10.1. The van der Waals surface area contributed by atoms with Crippen molar-refractivity contribution in [2.45, 2.75) is 18.6 Å². The van der Waals surface area contributed by atoms with Crippen molar-refractivity contribution >= 4 is 38.8 Å². The Morgan fingerprint density at radius 1 is 1.26 bits per heavy atom. The molecule has 2 heterocycles. The molecule has 1 unspecified atom stereocenters. The van der Waals surface area contributed by atoms with E-state index < -0.39 is 0 Å². The number of nitrogens with zero attached hydrogens (tertiary/aromatic N) is 2. The van der Waals surface area contributed by atoms with Gasteiger partial charge in [0.25, 0.3) is 0 Å². The molecule has 19 heavy (non-hydrogen) atoms. The standard InChI is InChI=1S/C15H16N2S2/c1-11(19-15-16-8-9-18-15)10-13-7-6-12-4-2-3-5-14(12)17-13/h2-7,11H,8-10H2,1H3. The van der Waals surface area contributed by atoms with Crippen LogP contribution in [0.1, 0.15) is 12.6 Å². The average molecular weight is 288 g/mol. The predicted molar refractivity (Wildman–Crippen MR) is 87.3 cm³/mol. The molecule has 3 rings (SSSR count). The smallest absolute Gasteiger partial charge is 0.124 e. The van der Waals surface area contributed by atoms with E-state index in [1.165, 1.54) is 15.5 Å². The number of hydrogen-bond donors (Lipinski definition) is 0. The molecule has 2 nitrogen and oxygen atoms in total. The molecule has 0 aliphatic carbocycles. The van der Waals surface area contributed by atoms with Gasteiger partial charge in [-0.05, 0) is 12.1 Å². The van der Waals surface area contributed by atoms with E-state index in [1.54, 1.807) is 0 Å². The van der Waals surface area contributed by atoms with Crippen LogP contribution in [-0.2, 0) is 6.42 Å². The van der Waals surface area contributed by atoms with Gasteiger partial charge in [0.15, 0.2) is 0 Å². The molecule has 1 aromatic heterocycles. The summed E-state index contributed by atoms with van der Waals surface area (Å²) in [5.74, 6) is 1.14. The van der Waals surface area contributed by atoms with E-state index in [2.05, 4.69) is 42.2 Å². The first-order chi connectivity index (χ1) is 9.31. The van der Waals surface area contributed by atoms with Crippen LogP contribution in [0, 0.1) is 0 Å². The van der Waals surface area contributed by atoms with Gasteiger partial charge < -0.3 is 0 Å². The number of pyridine rings is 1. The van der Waals surface area contributed by atoms with Gasteiger partial charge in [0.1, 0.15) is 4.38 Å². The highest BCUT2D eigenvalue weighted by molar-refractivity contribution is 8.39. The Bertz CT molecular complexity index is 610. The number of thioether (sulfide) groups is 2. The van der Waals surface area contributed by atoms with Crippen molar-refractivity contribution in [2.24, 2.45) is 4.99 Å². The van der Waals surface area contributed by atoms with Crippen molar-refractivity contribution in [1.29, 1.82) is 0 Å². The van der Waals surface area contributed by atoms with Gasteiger partial charge in [0.05, 0.1) is 12.1 Å². The maximum absolute atomic E-state index is 4.73. The van der Waals surface area contributed by atoms with Gasteiger partial charge in [-0.25, -0.2) is 0 Å². The minimum atomic E-state index is 0.526. The highest BCUT2D eigenvalue weighted by Gasteiger charge is 2.13. The molecule has 0 fully saturated rings. The predicted octanol–water partition coefficient (Wildman–Crippen LogP) is 4.00. The third-order valence-electron chi connectivity index (χ3n) is 3.01. The summed E-state index contributed by atoms with van der Waals surface area (Å²) >= 11 is 3.76. The van der Waals surface area contributed by atoms with Crippen LogP contribution >= 0.6 is 23.5 Å². The second-order valence-corrected chi connectivity index (χ2v) is 7.39. The SMILES string of the molecule is CC(Cc1ccc2ccccc2n1)SC1=NCCS1. The zero-order valence-corrected chi connectivity index (χ0v) is 12.5. The Labute approximate surface area is 122 Å². The number of rotatable bonds is 3. The van der Waals surface area contributed by atoms with Crippen LogP contribution in [0.2, 0.25) is 0 Å². The first-order valence-electron chi connectivity index (χ1n) is 6.50. The molecule has 1 aliphatic rings. The molecular formula is C15H16N2S2. The molecule has 2 aromatic rings. The first-order valence-corrected chi connectivity index (χ1v) is 8.36. The van der Waals surface area contributed by atoms with Crippen LogP contribution in [0.25, 0.3) is 10.9 Å². The minimum Gasteiger partial charge on any atom is -0.271 e. The molecule has 0 bridgehead atoms. The van der Waals surface area contributed by atoms with E-state index in [-0.39, 0.29) is 0 Å². The van der Waals surface area contributed by atoms with E-state index in [0.29, 0.717) is 5.25 Å². The second-order valence-electron chi connectivity index (χ2n) is 4.62. The Balaban J connectivity index is 1.70. The van der Waals surface area contributed by atoms with Crippen molar-refractivity contribution in [3.8, 4) is 0 Å². The molecule has 98 valence electrons. The summed E-state index contributed by atoms with van der Waals surface area (Å²) in [7, 11) is 0. The topological polar surface area (TPSA) is 25.2 Å². The largest absolute Gasteiger partial charge is 0.271 e. The monoisotopic (exact) mass is 288 g/mol. The van der Waals surface area contributed by atoms with Crippen molar-refractivity contribution in [2.75, 3.05) is 12.3 Å². The maximum Gasteiger partial charge on any atom is 0.124 e. The lowest BCUT2D eigenvalue weighted by Gasteiger charge is -2.10. The summed E-state index contributed by atoms with van der Waals surface area (Å²) in [6, 6.07) is 12.6. The minimum absolute atomic E-state index is 0.526. The number of para-hydroxylation sites is 1. The third kappa shape index (κ3) is 3.31. The van der Waals surface area contributed by atoms with E-state index in [0.717, 1.165) is 24.2 Å². The quantitative estimate of drug-likeness (QED) is 0.853. The van der Waals surface area contributed by atoms with Gasteiger partial charge in [-0.3, -0.25) is 9.98 Å². The van der Waals surface area contributed by atoms with Crippen LogP contribution in [0.4, 0.5) is 0 Å². The lowest BCUT2D eigenvalue weighted by Crippen LogP contribution is -2.05. The fourth-order valence-electron chi connectivity index (χ4n) is 2.12. The lowest BCUT2D eigenvalue weighted by molar-refractivity contribution is 0.913. The number of benzene rings is 1. The Kier molecular flexibility index (Phi) is 4.09. The van der Waals surface area contributed by atoms with Gasteiger partial charge in [-0.1, -0.05) is 54.7 Å². The summed E-state index contributed by atoms with van der Waals surface area (Å²) in [5.41, 5.74) is 2.26. The van der Waals surface area contributed by atoms with Crippen molar-refractivity contribution in [1.82, 2.24) is 4.98 Å². The first kappa shape index (κ1) is 13.0. The normalized spacial score (nSPS) is 16.6. The molecule has 0 saturated heterocycles. The summed E-state index contributed by atoms with van der Waals surface area (Å²) in [5, 5.41) is 1.74. The highest BCUT2D eigenvalue weighted by Crippen LogP contribution is 2.27. The molecule has 0 radical (unpaired) electrons. The molecule has 1 atom stereocenters. The fourth-order valence-corrected chi connectivity index (χ4v) is 4.44. The number of aliphatic imine (C=N–C) groups is 1. The van der Waals surface area contributed by atoms with E-state index in [4.69, 9.17) is 4.98 Å². The van der Waals surface area contributed by atoms with Gasteiger partial charge >= 0.3 is 0 Å². The van der Waals surface area contributed by atoms with Gasteiger partial charge in [0, 0.05) is 28.5 Å². The van der Waals surface area contributed by atoms with Gasteiger partial charge in [0.2, 0.25) is 0 Å². The van der Waals surface area contributed by atoms with Crippen LogP contribution in [-0.4, -0.2) is 26.9 Å². The molecule has 0 spiro atoms. The van der Waals surface area contributed by atoms with Crippen molar-refractivity contribution in [3.63, 3.8) is 0 Å². The summed E-state index contributed by atoms with van der Waals surface area (Å²) < 4.78 is 1.24. The summed E-state index contributed by atoms with van der Waals surface area (Å²) in [4.78, 5) is 9.22. The van der Waals surface area contributed by atoms with Crippen LogP contribution < -0.4 is 0 Å². The molecule has 1 aliphatic heterocycles. The summed E-state index contributed by atoms with van der Waals surface area (Å²) in [6.45, 7) is 3.23. The Hall–Kier alpha value is -1.000. The van der Waals surface area contributed by atoms with E-state index >= 15 is 0 Å². The van der Waals surface area contributed by atoms with Crippen molar-refractivity contribution < 1.29 is 0 Å². The molecule has 0 N–H and O–H groups in total. The zero-order valence-electron chi connectivity index (χ0n) is 10.9. The average Bonchev–Trinajstić information content (AvgIpc) is 2.91. The van der Waals surface area contributed by atoms with Crippen LogP contribution in [0.3, 0.4) is 0 Å². The number of aromatic nitrogens is 1. The van der Waals surface area contributed by atoms with E-state index in [1.807, 2.05) is 29.6 Å². The second kappa shape index (κ2) is 5.97. The van der Waals surface area contributed by atoms with Crippen molar-refractivity contribution in [3.05, 3.63) is 42.1 Å². The molecular weight excluding hydrogens is 272 g/mol. The molecule has 0 amide bonds. The highest BCUT2D eigenvalue weighted by atomic mass is 32.2. The Morgan fingerprint density at radius 3 is 3.00 bits per heavy atom. The number of hydrogen-bond acceptors (Lipinski definition) is 4. The van der Waals surface area contributed by atoms with Gasteiger partial charge in [-0.15, -0.1) is 0 Å². The van der Waals surface area contributed by atoms with Gasteiger partial charge in [-0.2, -0.15) is 0 Å². The fraction of sp³-hybridized carbons (Fsp3) is 0.333. The van der Waals surface area contributed by atoms with Crippen LogP contribution in [0.5, 0.6) is 0 Å². The maximum atomic E-state index is 4.73. The molecule has 4 heteroatoms. The molecule has 1 aromatic carbocycles. The third-order valence-corrected chi connectivity index (χ3v) is 5.32. The van der Waals surface area contributed by atoms with Crippen LogP contribution in [0.15, 0.2) is 41.4 Å². The molecule has 0 saturated carbocycles. The zero-order chi connectivity index (χ0) is 13.1.